The molecule has 5 nitrogen and oxygen atoms in total. The monoisotopic (exact) mass is 482 g/mol. The van der Waals surface area contributed by atoms with E-state index in [9.17, 15) is 4.79 Å². The Morgan fingerprint density at radius 3 is 2.22 bits per heavy atom. The largest absolute Gasteiger partial charge is 0.328 e. The number of hydrogen-bond donors (Lipinski definition) is 0. The van der Waals surface area contributed by atoms with Crippen LogP contribution in [-0.4, -0.2) is 52.4 Å². The third-order valence-electron chi connectivity index (χ3n) is 6.66. The minimum Gasteiger partial charge on any atom is -0.328 e. The van der Waals surface area contributed by atoms with E-state index in [0.717, 1.165) is 41.0 Å². The normalized spacial score (nSPS) is 12.4. The lowest BCUT2D eigenvalue weighted by atomic mass is 9.99. The lowest BCUT2D eigenvalue weighted by molar-refractivity contribution is 0.0598. The number of aryl methyl sites for hydroxylation is 1. The standard InChI is InChI=1S/C31H38N4O/c1-23(2)29(34(21-11-20-33(4)5)31(36)26-18-16-24(3)17-19-26)30-32-27-14-9-10-15-28(27)35(30)22-25-12-7-6-8-13-25/h6-10,12-19,23,29H,11,20-22H2,1-5H3. The second-order valence-corrected chi connectivity index (χ2v) is 10.2. The summed E-state index contributed by atoms with van der Waals surface area (Å²) in [5.74, 6) is 1.19. The van der Waals surface area contributed by atoms with E-state index < -0.39 is 0 Å². The van der Waals surface area contributed by atoms with E-state index >= 15 is 0 Å². The molecule has 1 amide bonds. The number of amides is 1. The van der Waals surface area contributed by atoms with Crippen molar-refractivity contribution in [1.29, 1.82) is 0 Å². The van der Waals surface area contributed by atoms with Gasteiger partial charge in [-0.05, 0) is 69.7 Å². The third-order valence-corrected chi connectivity index (χ3v) is 6.66. The molecular weight excluding hydrogens is 444 g/mol. The van der Waals surface area contributed by atoms with Crippen LogP contribution in [-0.2, 0) is 6.54 Å². The number of fused-ring (bicyclic) bond motifs is 1. The van der Waals surface area contributed by atoms with Gasteiger partial charge in [-0.25, -0.2) is 4.98 Å². The minimum absolute atomic E-state index is 0.0609. The van der Waals surface area contributed by atoms with Gasteiger partial charge in [-0.1, -0.05) is 74.0 Å². The highest BCUT2D eigenvalue weighted by Gasteiger charge is 2.32. The maximum Gasteiger partial charge on any atom is 0.254 e. The maximum absolute atomic E-state index is 14.0. The summed E-state index contributed by atoms with van der Waals surface area (Å²) in [4.78, 5) is 23.4. The first kappa shape index (κ1) is 25.6. The van der Waals surface area contributed by atoms with E-state index in [4.69, 9.17) is 4.98 Å². The van der Waals surface area contributed by atoms with E-state index in [2.05, 4.69) is 84.8 Å². The summed E-state index contributed by atoms with van der Waals surface area (Å²) in [6.45, 7) is 8.73. The van der Waals surface area contributed by atoms with Crippen LogP contribution in [0.25, 0.3) is 11.0 Å². The van der Waals surface area contributed by atoms with Crippen LogP contribution in [0.2, 0.25) is 0 Å². The van der Waals surface area contributed by atoms with Crippen LogP contribution in [0.4, 0.5) is 0 Å². The molecule has 0 bridgehead atoms. The summed E-state index contributed by atoms with van der Waals surface area (Å²) in [6.07, 6.45) is 0.896. The van der Waals surface area contributed by atoms with Gasteiger partial charge in [0.25, 0.3) is 5.91 Å². The van der Waals surface area contributed by atoms with Crippen LogP contribution in [0.3, 0.4) is 0 Å². The first-order valence-electron chi connectivity index (χ1n) is 12.9. The van der Waals surface area contributed by atoms with Gasteiger partial charge in [-0.2, -0.15) is 0 Å². The number of nitrogens with zero attached hydrogens (tertiary/aromatic N) is 4. The predicted molar refractivity (Wildman–Crippen MR) is 148 cm³/mol. The Morgan fingerprint density at radius 1 is 0.889 bits per heavy atom. The molecule has 36 heavy (non-hydrogen) atoms. The number of rotatable bonds is 10. The smallest absolute Gasteiger partial charge is 0.254 e. The Bertz CT molecular complexity index is 1280. The van der Waals surface area contributed by atoms with Crippen molar-refractivity contribution in [2.75, 3.05) is 27.2 Å². The quantitative estimate of drug-likeness (QED) is 0.271. The molecule has 1 aromatic heterocycles. The summed E-state index contributed by atoms with van der Waals surface area (Å²) in [6, 6.07) is 26.5. The van der Waals surface area contributed by atoms with Gasteiger partial charge >= 0.3 is 0 Å². The number of imidazole rings is 1. The minimum atomic E-state index is -0.155. The number of aromatic nitrogens is 2. The van der Waals surface area contributed by atoms with Crippen molar-refractivity contribution in [3.05, 3.63) is 101 Å². The fourth-order valence-corrected chi connectivity index (χ4v) is 4.84. The molecule has 0 fully saturated rings. The van der Waals surface area contributed by atoms with Crippen molar-refractivity contribution < 1.29 is 4.79 Å². The molecule has 0 saturated carbocycles. The molecule has 4 rings (SSSR count). The van der Waals surface area contributed by atoms with Crippen molar-refractivity contribution in [2.45, 2.75) is 39.8 Å². The van der Waals surface area contributed by atoms with Crippen LogP contribution in [0.15, 0.2) is 78.9 Å². The van der Waals surface area contributed by atoms with Crippen molar-refractivity contribution in [2.24, 2.45) is 5.92 Å². The fourth-order valence-electron chi connectivity index (χ4n) is 4.84. The molecule has 3 aromatic carbocycles. The van der Waals surface area contributed by atoms with Crippen LogP contribution in [0.5, 0.6) is 0 Å². The summed E-state index contributed by atoms with van der Waals surface area (Å²) >= 11 is 0. The van der Waals surface area contributed by atoms with E-state index in [1.54, 1.807) is 0 Å². The van der Waals surface area contributed by atoms with E-state index in [1.807, 2.05) is 43.3 Å². The Labute approximate surface area is 215 Å². The highest BCUT2D eigenvalue weighted by atomic mass is 16.2. The SMILES string of the molecule is Cc1ccc(C(=O)N(CCCN(C)C)C(c2nc3ccccc3n2Cc2ccccc2)C(C)C)cc1. The van der Waals surface area contributed by atoms with Gasteiger partial charge in [0.05, 0.1) is 17.1 Å². The Morgan fingerprint density at radius 2 is 1.56 bits per heavy atom. The van der Waals surface area contributed by atoms with Crippen LogP contribution in [0.1, 0.15) is 53.6 Å². The average Bonchev–Trinajstić information content (AvgIpc) is 3.21. The van der Waals surface area contributed by atoms with Gasteiger partial charge in [0.15, 0.2) is 0 Å². The molecule has 4 aromatic rings. The highest BCUT2D eigenvalue weighted by molar-refractivity contribution is 5.94. The molecule has 188 valence electrons. The molecule has 0 aliphatic carbocycles. The van der Waals surface area contributed by atoms with Gasteiger partial charge in [0.1, 0.15) is 5.82 Å². The number of carbonyl (C=O) groups is 1. The van der Waals surface area contributed by atoms with Crippen LogP contribution < -0.4 is 0 Å². The summed E-state index contributed by atoms with van der Waals surface area (Å²) < 4.78 is 2.30. The van der Waals surface area contributed by atoms with Crippen LogP contribution in [0, 0.1) is 12.8 Å². The number of hydrogen-bond acceptors (Lipinski definition) is 3. The summed E-state index contributed by atoms with van der Waals surface area (Å²) in [7, 11) is 4.15. The van der Waals surface area contributed by atoms with E-state index in [-0.39, 0.29) is 17.9 Å². The first-order chi connectivity index (χ1) is 17.3. The lowest BCUT2D eigenvalue weighted by Crippen LogP contribution is -2.40. The Kier molecular flexibility index (Phi) is 8.21. The molecule has 1 atom stereocenters. The molecule has 0 radical (unpaired) electrons. The highest BCUT2D eigenvalue weighted by Crippen LogP contribution is 2.33. The third kappa shape index (κ3) is 5.85. The number of carbonyl (C=O) groups excluding carboxylic acids is 1. The van der Waals surface area contributed by atoms with Gasteiger partial charge in [-0.15, -0.1) is 0 Å². The van der Waals surface area contributed by atoms with E-state index in [1.165, 1.54) is 5.56 Å². The maximum atomic E-state index is 14.0. The fraction of sp³-hybridized carbons (Fsp3) is 0.355. The number of benzene rings is 3. The molecule has 0 saturated heterocycles. The lowest BCUT2D eigenvalue weighted by Gasteiger charge is -2.35. The molecule has 0 spiro atoms. The molecule has 0 aliphatic heterocycles. The van der Waals surface area contributed by atoms with E-state index in [0.29, 0.717) is 13.1 Å². The van der Waals surface area contributed by atoms with Gasteiger partial charge in [-0.3, -0.25) is 4.79 Å². The Hall–Kier alpha value is -3.44. The zero-order valence-corrected chi connectivity index (χ0v) is 22.2. The molecule has 0 aliphatic rings. The van der Waals surface area contributed by atoms with Gasteiger partial charge in [0.2, 0.25) is 0 Å². The summed E-state index contributed by atoms with van der Waals surface area (Å²) in [5.41, 5.74) is 5.15. The van der Waals surface area contributed by atoms with Gasteiger partial charge < -0.3 is 14.4 Å². The first-order valence-corrected chi connectivity index (χ1v) is 12.9. The van der Waals surface area contributed by atoms with Crippen molar-refractivity contribution in [1.82, 2.24) is 19.4 Å². The van der Waals surface area contributed by atoms with Crippen molar-refractivity contribution in [3.8, 4) is 0 Å². The molecular formula is C31H38N4O. The second kappa shape index (κ2) is 11.5. The summed E-state index contributed by atoms with van der Waals surface area (Å²) in [5, 5.41) is 0. The molecule has 1 unspecified atom stereocenters. The van der Waals surface area contributed by atoms with Crippen LogP contribution >= 0.6 is 0 Å². The zero-order chi connectivity index (χ0) is 25.7. The van der Waals surface area contributed by atoms with Gasteiger partial charge in [0, 0.05) is 18.7 Å². The molecule has 1 heterocycles. The van der Waals surface area contributed by atoms with Crippen molar-refractivity contribution in [3.63, 3.8) is 0 Å². The molecule has 0 N–H and O–H groups in total. The topological polar surface area (TPSA) is 41.4 Å². The molecule has 5 heteroatoms. The zero-order valence-electron chi connectivity index (χ0n) is 22.2. The number of para-hydroxylation sites is 2. The predicted octanol–water partition coefficient (Wildman–Crippen LogP) is 6.18. The second-order valence-electron chi connectivity index (χ2n) is 10.2. The Balaban J connectivity index is 1.81. The average molecular weight is 483 g/mol. The van der Waals surface area contributed by atoms with Crippen molar-refractivity contribution >= 4 is 16.9 Å².